The molecule has 3 rings (SSSR count). The Labute approximate surface area is 144 Å². The largest absolute Gasteiger partial charge is 0.379 e. The topological polar surface area (TPSA) is 24.9 Å². The van der Waals surface area contributed by atoms with E-state index in [9.17, 15) is 0 Å². The van der Waals surface area contributed by atoms with Crippen LogP contribution in [0.1, 0.15) is 5.56 Å². The number of nitrogens with zero attached hydrogens (tertiary/aromatic N) is 1. The van der Waals surface area contributed by atoms with Gasteiger partial charge in [0.1, 0.15) is 0 Å². The van der Waals surface area contributed by atoms with Gasteiger partial charge in [-0.25, -0.2) is 0 Å². The number of pyridine rings is 1. The molecular formula is C16H11Br2ClN2. The minimum atomic E-state index is 0.703. The predicted molar refractivity (Wildman–Crippen MR) is 95.9 cm³/mol. The van der Waals surface area contributed by atoms with E-state index in [4.69, 9.17) is 11.6 Å². The second-order valence-electron chi connectivity index (χ2n) is 4.62. The third kappa shape index (κ3) is 3.39. The number of rotatable bonds is 3. The monoisotopic (exact) mass is 424 g/mol. The van der Waals surface area contributed by atoms with E-state index in [0.29, 0.717) is 6.54 Å². The van der Waals surface area contributed by atoms with Crippen LogP contribution < -0.4 is 5.32 Å². The maximum atomic E-state index is 5.96. The van der Waals surface area contributed by atoms with Crippen molar-refractivity contribution in [1.29, 1.82) is 0 Å². The highest BCUT2D eigenvalue weighted by molar-refractivity contribution is 9.10. The lowest BCUT2D eigenvalue weighted by Gasteiger charge is -2.11. The van der Waals surface area contributed by atoms with Crippen molar-refractivity contribution in [3.05, 3.63) is 68.2 Å². The Kier molecular flexibility index (Phi) is 4.48. The molecule has 0 aliphatic carbocycles. The van der Waals surface area contributed by atoms with Crippen LogP contribution in [0.25, 0.3) is 10.9 Å². The summed E-state index contributed by atoms with van der Waals surface area (Å²) in [6, 6.07) is 14.0. The number of benzene rings is 2. The van der Waals surface area contributed by atoms with Gasteiger partial charge in [0.2, 0.25) is 0 Å². The number of nitrogens with one attached hydrogen (secondary N) is 1. The van der Waals surface area contributed by atoms with E-state index in [1.54, 1.807) is 0 Å². The van der Waals surface area contributed by atoms with Crippen LogP contribution in [0.15, 0.2) is 57.6 Å². The normalized spacial score (nSPS) is 10.8. The van der Waals surface area contributed by atoms with Crippen LogP contribution in [0.5, 0.6) is 0 Å². The first-order chi connectivity index (χ1) is 10.1. The minimum absolute atomic E-state index is 0.703. The van der Waals surface area contributed by atoms with Gasteiger partial charge < -0.3 is 5.32 Å². The zero-order valence-corrected chi connectivity index (χ0v) is 14.8. The highest BCUT2D eigenvalue weighted by Crippen LogP contribution is 2.26. The summed E-state index contributed by atoms with van der Waals surface area (Å²) in [5.41, 5.74) is 3.13. The smallest absolute Gasteiger partial charge is 0.0934 e. The third-order valence-electron chi connectivity index (χ3n) is 3.16. The second-order valence-corrected chi connectivity index (χ2v) is 6.83. The number of aromatic nitrogens is 1. The number of hydrogen-bond donors (Lipinski definition) is 1. The molecule has 2 nitrogen and oxygen atoms in total. The Bertz CT molecular complexity index is 805. The fourth-order valence-electron chi connectivity index (χ4n) is 2.13. The van der Waals surface area contributed by atoms with Crippen LogP contribution in [-0.4, -0.2) is 4.98 Å². The number of hydrogen-bond acceptors (Lipinski definition) is 2. The van der Waals surface area contributed by atoms with E-state index < -0.39 is 0 Å². The Balaban J connectivity index is 1.88. The summed E-state index contributed by atoms with van der Waals surface area (Å²) in [7, 11) is 0. The number of fused-ring (bicyclic) bond motifs is 1. The zero-order chi connectivity index (χ0) is 14.8. The van der Waals surface area contributed by atoms with Crippen molar-refractivity contribution in [3.8, 4) is 0 Å². The predicted octanol–water partition coefficient (Wildman–Crippen LogP) is 6.03. The molecule has 106 valence electrons. The summed E-state index contributed by atoms with van der Waals surface area (Å²) < 4.78 is 1.98. The summed E-state index contributed by atoms with van der Waals surface area (Å²) in [6.45, 7) is 0.703. The van der Waals surface area contributed by atoms with Crippen molar-refractivity contribution in [3.63, 3.8) is 0 Å². The van der Waals surface area contributed by atoms with Crippen molar-refractivity contribution >= 4 is 60.1 Å². The molecule has 0 spiro atoms. The molecule has 0 saturated heterocycles. The van der Waals surface area contributed by atoms with E-state index >= 15 is 0 Å². The highest BCUT2D eigenvalue weighted by Gasteiger charge is 2.05. The molecule has 0 radical (unpaired) electrons. The molecule has 1 aromatic heterocycles. The van der Waals surface area contributed by atoms with Crippen molar-refractivity contribution in [2.45, 2.75) is 6.54 Å². The average molecular weight is 427 g/mol. The first kappa shape index (κ1) is 14.8. The zero-order valence-electron chi connectivity index (χ0n) is 10.9. The van der Waals surface area contributed by atoms with Crippen LogP contribution >= 0.6 is 43.5 Å². The maximum Gasteiger partial charge on any atom is 0.0934 e. The molecule has 0 fully saturated rings. The van der Waals surface area contributed by atoms with Gasteiger partial charge in [0.05, 0.1) is 11.2 Å². The summed E-state index contributed by atoms with van der Waals surface area (Å²) in [5, 5.41) is 5.26. The maximum absolute atomic E-state index is 5.96. The van der Waals surface area contributed by atoms with Gasteiger partial charge in [-0.1, -0.05) is 45.7 Å². The molecule has 2 aromatic carbocycles. The molecule has 21 heavy (non-hydrogen) atoms. The lowest BCUT2D eigenvalue weighted by Crippen LogP contribution is -2.01. The fourth-order valence-corrected chi connectivity index (χ4v) is 3.30. The molecule has 1 heterocycles. The average Bonchev–Trinajstić information content (AvgIpc) is 2.46. The molecule has 0 aliphatic heterocycles. The third-order valence-corrected chi connectivity index (χ3v) is 4.57. The summed E-state index contributed by atoms with van der Waals surface area (Å²) in [5.74, 6) is 0. The van der Waals surface area contributed by atoms with Gasteiger partial charge in [-0.3, -0.25) is 4.98 Å². The Morgan fingerprint density at radius 3 is 2.76 bits per heavy atom. The van der Waals surface area contributed by atoms with Gasteiger partial charge in [0, 0.05) is 32.1 Å². The highest BCUT2D eigenvalue weighted by atomic mass is 79.9. The van der Waals surface area contributed by atoms with Crippen molar-refractivity contribution in [1.82, 2.24) is 4.98 Å². The first-order valence-corrected chi connectivity index (χ1v) is 8.32. The van der Waals surface area contributed by atoms with Gasteiger partial charge in [-0.15, -0.1) is 0 Å². The van der Waals surface area contributed by atoms with Gasteiger partial charge in [-0.2, -0.15) is 0 Å². The van der Waals surface area contributed by atoms with Crippen molar-refractivity contribution in [2.75, 3.05) is 5.32 Å². The number of para-hydroxylation sites is 1. The van der Waals surface area contributed by atoms with E-state index in [0.717, 1.165) is 36.1 Å². The van der Waals surface area contributed by atoms with E-state index in [1.807, 2.05) is 36.5 Å². The van der Waals surface area contributed by atoms with Crippen molar-refractivity contribution < 1.29 is 0 Å². The lowest BCUT2D eigenvalue weighted by molar-refractivity contribution is 1.14. The van der Waals surface area contributed by atoms with Gasteiger partial charge in [0.25, 0.3) is 0 Å². The van der Waals surface area contributed by atoms with Crippen LogP contribution in [0.3, 0.4) is 0 Å². The summed E-state index contributed by atoms with van der Waals surface area (Å²) >= 11 is 12.9. The minimum Gasteiger partial charge on any atom is -0.379 e. The lowest BCUT2D eigenvalue weighted by atomic mass is 10.1. The molecule has 0 saturated carbocycles. The number of anilines is 1. The standard InChI is InChI=1S/C16H11Br2ClN2/c17-12-6-10-2-1-3-15(16(10)21-9-12)20-8-11-4-5-13(19)7-14(11)18/h1-7,9,20H,8H2. The summed E-state index contributed by atoms with van der Waals surface area (Å²) in [4.78, 5) is 4.49. The molecular weight excluding hydrogens is 415 g/mol. The van der Waals surface area contributed by atoms with Crippen molar-refractivity contribution in [2.24, 2.45) is 0 Å². The van der Waals surface area contributed by atoms with Crippen LogP contribution in [-0.2, 0) is 6.54 Å². The fraction of sp³-hybridized carbons (Fsp3) is 0.0625. The first-order valence-electron chi connectivity index (χ1n) is 6.35. The summed E-state index contributed by atoms with van der Waals surface area (Å²) in [6.07, 6.45) is 1.81. The molecule has 0 aliphatic rings. The molecule has 0 atom stereocenters. The Morgan fingerprint density at radius 2 is 1.95 bits per heavy atom. The van der Waals surface area contributed by atoms with E-state index in [1.165, 1.54) is 0 Å². The molecule has 1 N–H and O–H groups in total. The molecule has 5 heteroatoms. The SMILES string of the molecule is Clc1ccc(CNc2cccc3cc(Br)cnc23)c(Br)c1. The van der Waals surface area contributed by atoms with E-state index in [-0.39, 0.29) is 0 Å². The van der Waals surface area contributed by atoms with Crippen LogP contribution in [0, 0.1) is 0 Å². The van der Waals surface area contributed by atoms with Gasteiger partial charge >= 0.3 is 0 Å². The van der Waals surface area contributed by atoms with Crippen LogP contribution in [0.2, 0.25) is 5.02 Å². The number of halogens is 3. The quantitative estimate of drug-likeness (QED) is 0.553. The Morgan fingerprint density at radius 1 is 1.10 bits per heavy atom. The van der Waals surface area contributed by atoms with Gasteiger partial charge in [-0.05, 0) is 45.8 Å². The second kappa shape index (κ2) is 6.34. The molecule has 0 unspecified atom stereocenters. The molecule has 0 bridgehead atoms. The van der Waals surface area contributed by atoms with E-state index in [2.05, 4.69) is 54.3 Å². The molecule has 3 aromatic rings. The van der Waals surface area contributed by atoms with Gasteiger partial charge in [0.15, 0.2) is 0 Å². The van der Waals surface area contributed by atoms with Crippen LogP contribution in [0.4, 0.5) is 5.69 Å². The Hall–Kier alpha value is -1.10. The molecule has 0 amide bonds.